The van der Waals surface area contributed by atoms with E-state index in [1.807, 2.05) is 24.6 Å². The average Bonchev–Trinajstić information content (AvgIpc) is 2.87. The van der Waals surface area contributed by atoms with Crippen LogP contribution in [-0.2, 0) is 4.74 Å². The van der Waals surface area contributed by atoms with Crippen LogP contribution in [0.5, 0.6) is 0 Å². The smallest absolute Gasteiger partial charge is 0.143 e. The molecule has 2 aromatic heterocycles. The summed E-state index contributed by atoms with van der Waals surface area (Å²) in [6, 6.07) is 4.13. The summed E-state index contributed by atoms with van der Waals surface area (Å²) in [4.78, 5) is 5.52. The fraction of sp³-hybridized carbons (Fsp3) is 0.300. The van der Waals surface area contributed by atoms with Crippen molar-refractivity contribution in [3.8, 4) is 0 Å². The van der Waals surface area contributed by atoms with Gasteiger partial charge in [0.05, 0.1) is 0 Å². The summed E-state index contributed by atoms with van der Waals surface area (Å²) in [6.45, 7) is 2.72. The molecule has 0 aliphatic rings. The zero-order chi connectivity index (χ0) is 9.80. The third kappa shape index (κ3) is 2.03. The lowest BCUT2D eigenvalue weighted by molar-refractivity contribution is 0.0936. The fourth-order valence-corrected chi connectivity index (χ4v) is 2.80. The molecule has 0 saturated carbocycles. The molecule has 0 saturated heterocycles. The molecule has 0 aromatic carbocycles. The summed E-state index contributed by atoms with van der Waals surface area (Å²) >= 11 is 3.35. The highest BCUT2D eigenvalue weighted by molar-refractivity contribution is 7.11. The van der Waals surface area contributed by atoms with Gasteiger partial charge in [0.25, 0.3) is 0 Å². The van der Waals surface area contributed by atoms with E-state index in [2.05, 4.69) is 16.4 Å². The lowest BCUT2D eigenvalue weighted by Gasteiger charge is -2.11. The molecule has 2 aromatic rings. The topological polar surface area (TPSA) is 22.1 Å². The zero-order valence-electron chi connectivity index (χ0n) is 7.84. The first-order valence-corrected chi connectivity index (χ1v) is 6.22. The number of hydrogen-bond donors (Lipinski definition) is 0. The van der Waals surface area contributed by atoms with Gasteiger partial charge in [-0.25, -0.2) is 4.98 Å². The molecule has 2 nitrogen and oxygen atoms in total. The first-order chi connectivity index (χ1) is 6.92. The van der Waals surface area contributed by atoms with Crippen LogP contribution in [0.4, 0.5) is 0 Å². The second-order valence-electron chi connectivity index (χ2n) is 2.72. The Morgan fingerprint density at radius 2 is 2.36 bits per heavy atom. The van der Waals surface area contributed by atoms with E-state index in [4.69, 9.17) is 4.74 Å². The average molecular weight is 225 g/mol. The summed E-state index contributed by atoms with van der Waals surface area (Å²) in [5.74, 6) is 0. The van der Waals surface area contributed by atoms with Gasteiger partial charge in [-0.2, -0.15) is 0 Å². The summed E-state index contributed by atoms with van der Waals surface area (Å²) in [5, 5.41) is 5.08. The Balaban J connectivity index is 2.25. The van der Waals surface area contributed by atoms with Crippen LogP contribution in [-0.4, -0.2) is 11.6 Å². The van der Waals surface area contributed by atoms with E-state index in [-0.39, 0.29) is 6.10 Å². The Hall–Kier alpha value is -0.710. The highest BCUT2D eigenvalue weighted by Crippen LogP contribution is 2.30. The molecule has 0 bridgehead atoms. The number of aromatic nitrogens is 1. The molecule has 0 spiro atoms. The van der Waals surface area contributed by atoms with Crippen molar-refractivity contribution in [2.45, 2.75) is 13.0 Å². The second kappa shape index (κ2) is 4.68. The van der Waals surface area contributed by atoms with Crippen molar-refractivity contribution in [2.24, 2.45) is 0 Å². The van der Waals surface area contributed by atoms with Crippen molar-refractivity contribution >= 4 is 22.7 Å². The summed E-state index contributed by atoms with van der Waals surface area (Å²) < 4.78 is 5.69. The summed E-state index contributed by atoms with van der Waals surface area (Å²) in [7, 11) is 0. The fourth-order valence-electron chi connectivity index (χ4n) is 1.25. The van der Waals surface area contributed by atoms with Gasteiger partial charge in [-0.15, -0.1) is 22.7 Å². The molecule has 74 valence electrons. The van der Waals surface area contributed by atoms with E-state index in [1.54, 1.807) is 22.7 Å². The SMILES string of the molecule is CCOC(c1cccs1)c1nccs1. The molecular formula is C10H11NOS2. The Kier molecular flexibility index (Phi) is 3.29. The van der Waals surface area contributed by atoms with Crippen LogP contribution >= 0.6 is 22.7 Å². The molecule has 0 aliphatic heterocycles. The van der Waals surface area contributed by atoms with Crippen LogP contribution in [0, 0.1) is 0 Å². The minimum atomic E-state index is 0.0278. The third-order valence-electron chi connectivity index (χ3n) is 1.81. The van der Waals surface area contributed by atoms with Crippen LogP contribution in [0.25, 0.3) is 0 Å². The van der Waals surface area contributed by atoms with Gasteiger partial charge in [0.15, 0.2) is 0 Å². The molecule has 0 aliphatic carbocycles. The molecule has 2 heterocycles. The van der Waals surface area contributed by atoms with Gasteiger partial charge in [-0.1, -0.05) is 6.07 Å². The van der Waals surface area contributed by atoms with Gasteiger partial charge >= 0.3 is 0 Å². The maximum atomic E-state index is 5.69. The van der Waals surface area contributed by atoms with Crippen molar-refractivity contribution < 1.29 is 4.74 Å². The van der Waals surface area contributed by atoms with E-state index in [1.165, 1.54) is 4.88 Å². The number of nitrogens with zero attached hydrogens (tertiary/aromatic N) is 1. The first-order valence-electron chi connectivity index (χ1n) is 4.46. The Bertz CT molecular complexity index is 321. The standard InChI is InChI=1S/C10H11NOS2/c1-2-12-9(8-4-3-6-13-8)10-11-5-7-14-10/h3-7,9H,2H2,1H3. The van der Waals surface area contributed by atoms with Gasteiger partial charge in [0, 0.05) is 23.1 Å². The maximum absolute atomic E-state index is 5.69. The molecule has 14 heavy (non-hydrogen) atoms. The molecule has 0 radical (unpaired) electrons. The Morgan fingerprint density at radius 1 is 1.43 bits per heavy atom. The van der Waals surface area contributed by atoms with Crippen LogP contribution in [0.2, 0.25) is 0 Å². The lowest BCUT2D eigenvalue weighted by Crippen LogP contribution is -2.03. The van der Waals surface area contributed by atoms with Crippen LogP contribution in [0.3, 0.4) is 0 Å². The highest BCUT2D eigenvalue weighted by Gasteiger charge is 2.17. The van der Waals surface area contributed by atoms with Crippen molar-refractivity contribution in [1.82, 2.24) is 4.98 Å². The summed E-state index contributed by atoms with van der Waals surface area (Å²) in [5.41, 5.74) is 0. The quantitative estimate of drug-likeness (QED) is 0.796. The minimum Gasteiger partial charge on any atom is -0.366 e. The van der Waals surface area contributed by atoms with E-state index in [9.17, 15) is 0 Å². The largest absolute Gasteiger partial charge is 0.366 e. The Morgan fingerprint density at radius 3 is 2.93 bits per heavy atom. The number of hydrogen-bond acceptors (Lipinski definition) is 4. The van der Waals surface area contributed by atoms with Crippen molar-refractivity contribution in [3.05, 3.63) is 39.0 Å². The predicted molar refractivity (Wildman–Crippen MR) is 59.9 cm³/mol. The van der Waals surface area contributed by atoms with Crippen molar-refractivity contribution in [3.63, 3.8) is 0 Å². The number of thiazole rings is 1. The van der Waals surface area contributed by atoms with E-state index >= 15 is 0 Å². The zero-order valence-corrected chi connectivity index (χ0v) is 9.48. The molecular weight excluding hydrogens is 214 g/mol. The molecule has 0 amide bonds. The monoisotopic (exact) mass is 225 g/mol. The van der Waals surface area contributed by atoms with E-state index in [0.29, 0.717) is 6.61 Å². The van der Waals surface area contributed by atoms with Crippen LogP contribution in [0.1, 0.15) is 22.9 Å². The molecule has 2 rings (SSSR count). The van der Waals surface area contributed by atoms with Crippen LogP contribution in [0.15, 0.2) is 29.1 Å². The number of rotatable bonds is 4. The maximum Gasteiger partial charge on any atom is 0.143 e. The lowest BCUT2D eigenvalue weighted by atomic mass is 10.3. The molecule has 4 heteroatoms. The minimum absolute atomic E-state index is 0.0278. The highest BCUT2D eigenvalue weighted by atomic mass is 32.1. The molecule has 0 fully saturated rings. The molecule has 0 N–H and O–H groups in total. The van der Waals surface area contributed by atoms with Crippen molar-refractivity contribution in [1.29, 1.82) is 0 Å². The van der Waals surface area contributed by atoms with E-state index in [0.717, 1.165) is 5.01 Å². The first kappa shape index (κ1) is 9.83. The van der Waals surface area contributed by atoms with Gasteiger partial charge < -0.3 is 4.74 Å². The second-order valence-corrected chi connectivity index (χ2v) is 4.63. The number of thiophene rings is 1. The molecule has 1 atom stereocenters. The van der Waals surface area contributed by atoms with Gasteiger partial charge in [-0.3, -0.25) is 0 Å². The summed E-state index contributed by atoms with van der Waals surface area (Å²) in [6.07, 6.45) is 1.85. The van der Waals surface area contributed by atoms with Gasteiger partial charge in [0.1, 0.15) is 11.1 Å². The predicted octanol–water partition coefficient (Wildman–Crippen LogP) is 3.33. The van der Waals surface area contributed by atoms with Gasteiger partial charge in [0.2, 0.25) is 0 Å². The third-order valence-corrected chi connectivity index (χ3v) is 3.54. The van der Waals surface area contributed by atoms with Gasteiger partial charge in [-0.05, 0) is 18.4 Å². The van der Waals surface area contributed by atoms with Crippen LogP contribution < -0.4 is 0 Å². The van der Waals surface area contributed by atoms with Crippen molar-refractivity contribution in [2.75, 3.05) is 6.61 Å². The van der Waals surface area contributed by atoms with E-state index < -0.39 is 0 Å². The number of ether oxygens (including phenoxy) is 1. The normalized spacial score (nSPS) is 12.9. The Labute approximate surface area is 91.2 Å². The molecule has 1 unspecified atom stereocenters.